The van der Waals surface area contributed by atoms with Gasteiger partial charge >= 0.3 is 12.4 Å². The van der Waals surface area contributed by atoms with Crippen LogP contribution in [0.2, 0.25) is 15.1 Å². The fourth-order valence-electron chi connectivity index (χ4n) is 2.85. The van der Waals surface area contributed by atoms with E-state index in [1.54, 1.807) is 6.92 Å². The highest BCUT2D eigenvalue weighted by Crippen LogP contribution is 2.42. The second-order valence-corrected chi connectivity index (χ2v) is 8.27. The molecule has 2 aromatic rings. The summed E-state index contributed by atoms with van der Waals surface area (Å²) in [6, 6.07) is 3.30. The number of nitrogens with one attached hydrogen (secondary N) is 1. The highest BCUT2D eigenvalue weighted by molar-refractivity contribution is 6.48. The molecule has 13 heteroatoms. The lowest BCUT2D eigenvalue weighted by Gasteiger charge is -2.19. The normalized spacial score (nSPS) is 14.6. The third-order valence-electron chi connectivity index (χ3n) is 4.63. The third kappa shape index (κ3) is 6.78. The Morgan fingerprint density at radius 2 is 1.62 bits per heavy atom. The van der Waals surface area contributed by atoms with Crippen molar-refractivity contribution in [2.75, 3.05) is 0 Å². The van der Waals surface area contributed by atoms with Crippen LogP contribution < -0.4 is 11.1 Å². The fourth-order valence-corrected chi connectivity index (χ4v) is 3.46. The van der Waals surface area contributed by atoms with Gasteiger partial charge in [0.15, 0.2) is 0 Å². The van der Waals surface area contributed by atoms with Crippen molar-refractivity contribution in [3.8, 4) is 0 Å². The average molecular weight is 552 g/mol. The molecule has 0 spiro atoms. The monoisotopic (exact) mass is 550 g/mol. The molecule has 0 aliphatic carbocycles. The molecule has 0 aliphatic heterocycles. The van der Waals surface area contributed by atoms with E-state index in [4.69, 9.17) is 40.5 Å². The molecule has 0 saturated carbocycles. The number of allylic oxidation sites excluding steroid dienone is 1. The number of amides is 1. The van der Waals surface area contributed by atoms with Crippen molar-refractivity contribution in [3.63, 3.8) is 0 Å². The van der Waals surface area contributed by atoms with Crippen LogP contribution in [0.15, 0.2) is 36.4 Å². The van der Waals surface area contributed by atoms with E-state index in [0.717, 1.165) is 18.2 Å². The first-order valence-corrected chi connectivity index (χ1v) is 10.6. The lowest BCUT2D eigenvalue weighted by Crippen LogP contribution is -2.41. The predicted octanol–water partition coefficient (Wildman–Crippen LogP) is 7.75. The van der Waals surface area contributed by atoms with Crippen LogP contribution >= 0.6 is 34.8 Å². The van der Waals surface area contributed by atoms with Gasteiger partial charge in [-0.1, -0.05) is 47.8 Å². The molecule has 2 atom stereocenters. The Labute approximate surface area is 204 Å². The van der Waals surface area contributed by atoms with Gasteiger partial charge in [-0.25, -0.2) is 4.39 Å². The molecule has 3 N–H and O–H groups in total. The first-order chi connectivity index (χ1) is 15.6. The maximum Gasteiger partial charge on any atom is 0.417 e. The van der Waals surface area contributed by atoms with Crippen LogP contribution in [0.1, 0.15) is 46.3 Å². The number of nitrogens with two attached hydrogens (primary N) is 1. The summed E-state index contributed by atoms with van der Waals surface area (Å²) in [5.41, 5.74) is 1.69. The van der Waals surface area contributed by atoms with Gasteiger partial charge in [0.25, 0.3) is 5.91 Å². The van der Waals surface area contributed by atoms with E-state index in [-0.39, 0.29) is 33.6 Å². The largest absolute Gasteiger partial charge is 0.417 e. The van der Waals surface area contributed by atoms with Gasteiger partial charge in [0, 0.05) is 5.56 Å². The average Bonchev–Trinajstić information content (AvgIpc) is 2.73. The van der Waals surface area contributed by atoms with Crippen LogP contribution in [0, 0.1) is 0 Å². The smallest absolute Gasteiger partial charge is 0.337 e. The van der Waals surface area contributed by atoms with Gasteiger partial charge in [0.05, 0.1) is 32.4 Å². The maximum absolute atomic E-state index is 14.8. The van der Waals surface area contributed by atoms with E-state index in [1.165, 1.54) is 0 Å². The first-order valence-electron chi connectivity index (χ1n) is 9.42. The van der Waals surface area contributed by atoms with Crippen LogP contribution in [0.5, 0.6) is 0 Å². The lowest BCUT2D eigenvalue weighted by atomic mass is 9.95. The molecule has 3 nitrogen and oxygen atoms in total. The summed E-state index contributed by atoms with van der Waals surface area (Å²) < 4.78 is 96.4. The van der Waals surface area contributed by atoms with Crippen molar-refractivity contribution < 1.29 is 35.5 Å². The number of halogens is 10. The highest BCUT2D eigenvalue weighted by Gasteiger charge is 2.41. The minimum atomic E-state index is -5.11. The zero-order chi connectivity index (χ0) is 26.0. The lowest BCUT2D eigenvalue weighted by molar-refractivity contribution is -0.140. The van der Waals surface area contributed by atoms with Crippen molar-refractivity contribution in [1.29, 1.82) is 0 Å². The Morgan fingerprint density at radius 1 is 1.06 bits per heavy atom. The van der Waals surface area contributed by atoms with Crippen molar-refractivity contribution in [2.24, 2.45) is 5.73 Å². The van der Waals surface area contributed by atoms with E-state index in [9.17, 15) is 35.5 Å². The third-order valence-corrected chi connectivity index (χ3v) is 5.83. The Kier molecular flexibility index (Phi) is 8.90. The van der Waals surface area contributed by atoms with Gasteiger partial charge in [-0.15, -0.1) is 0 Å². The van der Waals surface area contributed by atoms with Crippen molar-refractivity contribution in [2.45, 2.75) is 37.8 Å². The first kappa shape index (κ1) is 28.2. The standard InChI is InChI=1S/C21H16Cl3F7N2O/c1-2-17(32)33-19(34)11-4-3-9(5-13(11)21(29,30)31)16(25)8-12(20(26,27)28)10-6-14(22)18(24)15(23)7-10/h3-8,12,17H,2,32H2,1H3,(H,33,34)/b16-8-. The minimum absolute atomic E-state index is 0.0815. The molecular weight excluding hydrogens is 536 g/mol. The zero-order valence-corrected chi connectivity index (χ0v) is 19.4. The van der Waals surface area contributed by atoms with Crippen LogP contribution in [-0.2, 0) is 6.18 Å². The van der Waals surface area contributed by atoms with E-state index in [0.29, 0.717) is 6.07 Å². The molecule has 0 saturated heterocycles. The van der Waals surface area contributed by atoms with Crippen LogP contribution in [0.4, 0.5) is 30.7 Å². The highest BCUT2D eigenvalue weighted by atomic mass is 35.5. The molecule has 0 fully saturated rings. The predicted molar refractivity (Wildman–Crippen MR) is 117 cm³/mol. The van der Waals surface area contributed by atoms with E-state index in [2.05, 4.69) is 5.32 Å². The molecule has 2 rings (SSSR count). The van der Waals surface area contributed by atoms with Crippen molar-refractivity contribution in [3.05, 3.63) is 73.7 Å². The summed E-state index contributed by atoms with van der Waals surface area (Å²) in [5.74, 6) is -5.40. The quantitative estimate of drug-likeness (QED) is 0.219. The second-order valence-electron chi connectivity index (χ2n) is 7.08. The number of carbonyl (C=O) groups excluding carboxylic acids is 1. The second kappa shape index (κ2) is 10.7. The number of benzene rings is 2. The van der Waals surface area contributed by atoms with Gasteiger partial charge in [-0.3, -0.25) is 4.79 Å². The molecule has 0 bridgehead atoms. The molecule has 0 heterocycles. The Balaban J connectivity index is 2.58. The summed E-state index contributed by atoms with van der Waals surface area (Å²) in [6.07, 6.45) is -10.8. The summed E-state index contributed by atoms with van der Waals surface area (Å²) in [6.45, 7) is 1.58. The molecule has 1 amide bonds. The van der Waals surface area contributed by atoms with E-state index < -0.39 is 58.4 Å². The van der Waals surface area contributed by atoms with Gasteiger partial charge in [0.2, 0.25) is 0 Å². The Morgan fingerprint density at radius 3 is 2.09 bits per heavy atom. The molecule has 2 aromatic carbocycles. The molecule has 0 radical (unpaired) electrons. The van der Waals surface area contributed by atoms with E-state index in [1.807, 2.05) is 0 Å². The fraction of sp³-hybridized carbons (Fsp3) is 0.286. The number of alkyl halides is 6. The van der Waals surface area contributed by atoms with Crippen LogP contribution in [0.3, 0.4) is 0 Å². The number of hydrogen-bond donors (Lipinski definition) is 2. The zero-order valence-electron chi connectivity index (χ0n) is 17.1. The van der Waals surface area contributed by atoms with E-state index >= 15 is 0 Å². The van der Waals surface area contributed by atoms with Crippen molar-refractivity contribution >= 4 is 46.5 Å². The molecule has 0 aromatic heterocycles. The Bertz CT molecular complexity index is 1080. The molecular formula is C21H16Cl3F7N2O. The maximum atomic E-state index is 14.8. The summed E-state index contributed by atoms with van der Waals surface area (Å²) in [5, 5.41) is 1.27. The van der Waals surface area contributed by atoms with Gasteiger partial charge in [0.1, 0.15) is 11.7 Å². The summed E-state index contributed by atoms with van der Waals surface area (Å²) >= 11 is 17.3. The molecule has 34 heavy (non-hydrogen) atoms. The topological polar surface area (TPSA) is 55.1 Å². The number of carbonyl (C=O) groups is 1. The minimum Gasteiger partial charge on any atom is -0.337 e. The van der Waals surface area contributed by atoms with Crippen LogP contribution in [-0.4, -0.2) is 18.2 Å². The summed E-state index contributed by atoms with van der Waals surface area (Å²) in [4.78, 5) is 12.2. The van der Waals surface area contributed by atoms with Gasteiger partial charge in [-0.2, -0.15) is 26.3 Å². The molecule has 186 valence electrons. The van der Waals surface area contributed by atoms with Crippen LogP contribution in [0.25, 0.3) is 5.83 Å². The SMILES string of the molecule is CCC(N)NC(=O)c1ccc(/C(F)=C/C(c2cc(Cl)c(Cl)c(Cl)c2)C(F)(F)F)cc1C(F)(F)F. The Hall–Kier alpha value is -2.01. The molecule has 2 unspecified atom stereocenters. The molecule has 0 aliphatic rings. The summed E-state index contributed by atoms with van der Waals surface area (Å²) in [7, 11) is 0. The number of rotatable bonds is 6. The van der Waals surface area contributed by atoms with Gasteiger partial charge in [-0.05, 0) is 42.3 Å². The van der Waals surface area contributed by atoms with Crippen molar-refractivity contribution in [1.82, 2.24) is 5.32 Å². The number of hydrogen-bond acceptors (Lipinski definition) is 2. The van der Waals surface area contributed by atoms with Gasteiger partial charge < -0.3 is 11.1 Å².